The lowest BCUT2D eigenvalue weighted by atomic mass is 10.3. The van der Waals surface area contributed by atoms with E-state index >= 15 is 0 Å². The van der Waals surface area contributed by atoms with E-state index in [1.165, 1.54) is 5.56 Å². The quantitative estimate of drug-likeness (QED) is 0.831. The van der Waals surface area contributed by atoms with Crippen molar-refractivity contribution < 1.29 is 0 Å². The van der Waals surface area contributed by atoms with Gasteiger partial charge in [0, 0.05) is 29.8 Å². The number of aromatic nitrogens is 1. The number of nitrogens with two attached hydrogens (primary N) is 1. The van der Waals surface area contributed by atoms with Crippen LogP contribution in [0, 0.1) is 6.92 Å². The number of halogens is 1. The molecule has 2 rings (SSSR count). The van der Waals surface area contributed by atoms with Crippen molar-refractivity contribution in [3.8, 4) is 0 Å². The molecule has 4 heteroatoms. The Morgan fingerprint density at radius 1 is 1.64 bits per heavy atom. The van der Waals surface area contributed by atoms with E-state index in [0.29, 0.717) is 6.04 Å². The Labute approximate surface area is 92.4 Å². The van der Waals surface area contributed by atoms with Gasteiger partial charge < -0.3 is 10.6 Å². The summed E-state index contributed by atoms with van der Waals surface area (Å²) < 4.78 is 1.03. The molecule has 0 saturated carbocycles. The molecular formula is C10H14BrN3. The van der Waals surface area contributed by atoms with Crippen molar-refractivity contribution in [2.45, 2.75) is 19.4 Å². The molecule has 3 nitrogen and oxygen atoms in total. The molecule has 1 aromatic heterocycles. The highest BCUT2D eigenvalue weighted by Gasteiger charge is 2.21. The number of hydrogen-bond acceptors (Lipinski definition) is 3. The summed E-state index contributed by atoms with van der Waals surface area (Å²) in [6.07, 6.45) is 2.91. The summed E-state index contributed by atoms with van der Waals surface area (Å²) in [5, 5.41) is 0. The predicted octanol–water partition coefficient (Wildman–Crippen LogP) is 1.69. The summed E-state index contributed by atoms with van der Waals surface area (Å²) in [4.78, 5) is 6.67. The van der Waals surface area contributed by atoms with Crippen LogP contribution in [-0.4, -0.2) is 24.1 Å². The maximum absolute atomic E-state index is 5.86. The van der Waals surface area contributed by atoms with Crippen molar-refractivity contribution in [3.05, 3.63) is 22.3 Å². The minimum absolute atomic E-state index is 0.305. The molecule has 76 valence electrons. The van der Waals surface area contributed by atoms with Crippen LogP contribution in [-0.2, 0) is 0 Å². The molecule has 1 unspecified atom stereocenters. The normalized spacial score (nSPS) is 21.6. The molecule has 14 heavy (non-hydrogen) atoms. The lowest BCUT2D eigenvalue weighted by Gasteiger charge is -2.18. The smallest absolute Gasteiger partial charge is 0.131 e. The predicted molar refractivity (Wildman–Crippen MR) is 61.5 cm³/mol. The van der Waals surface area contributed by atoms with Crippen LogP contribution in [0.4, 0.5) is 5.82 Å². The van der Waals surface area contributed by atoms with Gasteiger partial charge in [0.1, 0.15) is 5.82 Å². The average molecular weight is 256 g/mol. The van der Waals surface area contributed by atoms with E-state index in [9.17, 15) is 0 Å². The van der Waals surface area contributed by atoms with Crippen molar-refractivity contribution in [2.75, 3.05) is 18.0 Å². The van der Waals surface area contributed by atoms with E-state index in [2.05, 4.69) is 38.8 Å². The monoisotopic (exact) mass is 255 g/mol. The summed E-state index contributed by atoms with van der Waals surface area (Å²) >= 11 is 3.41. The molecule has 1 atom stereocenters. The van der Waals surface area contributed by atoms with Crippen molar-refractivity contribution in [1.29, 1.82) is 0 Å². The number of hydrogen-bond donors (Lipinski definition) is 1. The first-order chi connectivity index (χ1) is 6.66. The lowest BCUT2D eigenvalue weighted by Crippen LogP contribution is -2.27. The molecule has 0 bridgehead atoms. The van der Waals surface area contributed by atoms with Gasteiger partial charge in [-0.3, -0.25) is 0 Å². The minimum atomic E-state index is 0.305. The second kappa shape index (κ2) is 3.87. The van der Waals surface area contributed by atoms with Crippen LogP contribution >= 0.6 is 15.9 Å². The number of anilines is 1. The number of nitrogens with zero attached hydrogens (tertiary/aromatic N) is 2. The topological polar surface area (TPSA) is 42.2 Å². The van der Waals surface area contributed by atoms with Crippen molar-refractivity contribution in [2.24, 2.45) is 5.73 Å². The van der Waals surface area contributed by atoms with Crippen LogP contribution in [0.3, 0.4) is 0 Å². The lowest BCUT2D eigenvalue weighted by molar-refractivity contribution is 0.751. The van der Waals surface area contributed by atoms with Gasteiger partial charge in [-0.1, -0.05) is 0 Å². The van der Waals surface area contributed by atoms with E-state index in [1.54, 1.807) is 0 Å². The maximum Gasteiger partial charge on any atom is 0.131 e. The molecule has 0 amide bonds. The SMILES string of the molecule is Cc1cc(Br)cnc1N1CCC(N)C1. The minimum Gasteiger partial charge on any atom is -0.355 e. The number of rotatable bonds is 1. The van der Waals surface area contributed by atoms with Crippen molar-refractivity contribution in [3.63, 3.8) is 0 Å². The van der Waals surface area contributed by atoms with Crippen LogP contribution < -0.4 is 10.6 Å². The van der Waals surface area contributed by atoms with Crippen molar-refractivity contribution in [1.82, 2.24) is 4.98 Å². The zero-order valence-electron chi connectivity index (χ0n) is 8.20. The summed E-state index contributed by atoms with van der Waals surface area (Å²) in [6, 6.07) is 2.39. The van der Waals surface area contributed by atoms with Gasteiger partial charge in [-0.15, -0.1) is 0 Å². The van der Waals surface area contributed by atoms with Crippen LogP contribution in [0.2, 0.25) is 0 Å². The fourth-order valence-corrected chi connectivity index (χ4v) is 2.29. The highest BCUT2D eigenvalue weighted by molar-refractivity contribution is 9.10. The molecule has 0 aromatic carbocycles. The first-order valence-electron chi connectivity index (χ1n) is 4.79. The van der Waals surface area contributed by atoms with Gasteiger partial charge in [0.05, 0.1) is 0 Å². The fraction of sp³-hybridized carbons (Fsp3) is 0.500. The Morgan fingerprint density at radius 3 is 3.00 bits per heavy atom. The highest BCUT2D eigenvalue weighted by Crippen LogP contribution is 2.23. The summed E-state index contributed by atoms with van der Waals surface area (Å²) in [5.41, 5.74) is 7.07. The molecule has 2 N–H and O–H groups in total. The second-order valence-corrected chi connectivity index (χ2v) is 4.70. The Bertz CT molecular complexity index is 340. The third kappa shape index (κ3) is 1.91. The molecule has 1 saturated heterocycles. The number of aryl methyl sites for hydroxylation is 1. The Hall–Kier alpha value is -0.610. The van der Waals surface area contributed by atoms with Gasteiger partial charge >= 0.3 is 0 Å². The maximum atomic E-state index is 5.86. The first-order valence-corrected chi connectivity index (χ1v) is 5.59. The summed E-state index contributed by atoms with van der Waals surface area (Å²) in [5.74, 6) is 1.07. The van der Waals surface area contributed by atoms with Gasteiger partial charge in [-0.05, 0) is 40.9 Å². The molecular weight excluding hydrogens is 242 g/mol. The van der Waals surface area contributed by atoms with E-state index in [0.717, 1.165) is 29.8 Å². The van der Waals surface area contributed by atoms with Crippen LogP contribution in [0.15, 0.2) is 16.7 Å². The third-order valence-electron chi connectivity index (χ3n) is 2.54. The zero-order valence-corrected chi connectivity index (χ0v) is 9.79. The van der Waals surface area contributed by atoms with Gasteiger partial charge in [0.15, 0.2) is 0 Å². The summed E-state index contributed by atoms with van der Waals surface area (Å²) in [6.45, 7) is 4.03. The van der Waals surface area contributed by atoms with E-state index in [4.69, 9.17) is 5.73 Å². The van der Waals surface area contributed by atoms with Crippen molar-refractivity contribution >= 4 is 21.7 Å². The molecule has 1 aromatic rings. The van der Waals surface area contributed by atoms with Crippen LogP contribution in [0.1, 0.15) is 12.0 Å². The average Bonchev–Trinajstić information content (AvgIpc) is 2.51. The molecule has 0 aliphatic carbocycles. The van der Waals surface area contributed by atoms with E-state index in [-0.39, 0.29) is 0 Å². The van der Waals surface area contributed by atoms with Gasteiger partial charge in [0.25, 0.3) is 0 Å². The standard InChI is InChI=1S/C10H14BrN3/c1-7-4-8(11)5-13-10(7)14-3-2-9(12)6-14/h4-5,9H,2-3,6,12H2,1H3. The Kier molecular flexibility index (Phi) is 2.74. The summed E-state index contributed by atoms with van der Waals surface area (Å²) in [7, 11) is 0. The molecule has 0 radical (unpaired) electrons. The van der Waals surface area contributed by atoms with Gasteiger partial charge in [0.2, 0.25) is 0 Å². The Balaban J connectivity index is 2.24. The Morgan fingerprint density at radius 2 is 2.43 bits per heavy atom. The second-order valence-electron chi connectivity index (χ2n) is 3.79. The molecule has 2 heterocycles. The highest BCUT2D eigenvalue weighted by atomic mass is 79.9. The molecule has 0 spiro atoms. The molecule has 1 fully saturated rings. The van der Waals surface area contributed by atoms with Crippen LogP contribution in [0.5, 0.6) is 0 Å². The molecule has 1 aliphatic heterocycles. The largest absolute Gasteiger partial charge is 0.355 e. The van der Waals surface area contributed by atoms with Gasteiger partial charge in [-0.25, -0.2) is 4.98 Å². The first kappa shape index (κ1) is 9.93. The number of pyridine rings is 1. The van der Waals surface area contributed by atoms with Gasteiger partial charge in [-0.2, -0.15) is 0 Å². The van der Waals surface area contributed by atoms with E-state index < -0.39 is 0 Å². The third-order valence-corrected chi connectivity index (χ3v) is 2.98. The van der Waals surface area contributed by atoms with Crippen LogP contribution in [0.25, 0.3) is 0 Å². The zero-order chi connectivity index (χ0) is 10.1. The van der Waals surface area contributed by atoms with E-state index in [1.807, 2.05) is 6.20 Å². The fourth-order valence-electron chi connectivity index (χ4n) is 1.84. The molecule has 1 aliphatic rings.